The fourth-order valence-corrected chi connectivity index (χ4v) is 4.22. The average Bonchev–Trinajstić information content (AvgIpc) is 3.10. The van der Waals surface area contributed by atoms with Crippen molar-refractivity contribution in [3.8, 4) is 0 Å². The van der Waals surface area contributed by atoms with E-state index in [9.17, 15) is 9.59 Å². The summed E-state index contributed by atoms with van der Waals surface area (Å²) in [7, 11) is 0. The van der Waals surface area contributed by atoms with Gasteiger partial charge in [0.2, 0.25) is 5.91 Å². The molecule has 1 aliphatic carbocycles. The van der Waals surface area contributed by atoms with Crippen LogP contribution in [0.25, 0.3) is 0 Å². The fourth-order valence-electron chi connectivity index (χ4n) is 3.70. The van der Waals surface area contributed by atoms with Crippen LogP contribution < -0.4 is 16.0 Å². The first kappa shape index (κ1) is 24.5. The van der Waals surface area contributed by atoms with E-state index < -0.39 is 0 Å². The summed E-state index contributed by atoms with van der Waals surface area (Å²) in [6.45, 7) is 6.41. The zero-order valence-corrected chi connectivity index (χ0v) is 19.5. The normalized spacial score (nSPS) is 14.7. The number of thioether (sulfide) groups is 1. The Morgan fingerprint density at radius 1 is 1.10 bits per heavy atom. The van der Waals surface area contributed by atoms with Crippen molar-refractivity contribution in [1.29, 1.82) is 0 Å². The van der Waals surface area contributed by atoms with Crippen LogP contribution in [-0.2, 0) is 17.8 Å². The maximum Gasteiger partial charge on any atom is 0.315 e. The van der Waals surface area contributed by atoms with E-state index in [-0.39, 0.29) is 11.9 Å². The molecular formula is C21H38N6O2S. The summed E-state index contributed by atoms with van der Waals surface area (Å²) < 4.78 is 2.18. The van der Waals surface area contributed by atoms with E-state index >= 15 is 0 Å². The topological polar surface area (TPSA) is 101 Å². The summed E-state index contributed by atoms with van der Waals surface area (Å²) >= 11 is 1.61. The predicted octanol–water partition coefficient (Wildman–Crippen LogP) is 3.12. The van der Waals surface area contributed by atoms with Gasteiger partial charge in [-0.1, -0.05) is 44.9 Å². The number of rotatable bonds is 12. The molecule has 1 heterocycles. The third-order valence-corrected chi connectivity index (χ3v) is 5.90. The molecule has 30 heavy (non-hydrogen) atoms. The van der Waals surface area contributed by atoms with Crippen LogP contribution in [0.1, 0.15) is 71.0 Å². The summed E-state index contributed by atoms with van der Waals surface area (Å²) in [6.07, 6.45) is 10.5. The van der Waals surface area contributed by atoms with Crippen molar-refractivity contribution in [2.45, 2.75) is 89.4 Å². The van der Waals surface area contributed by atoms with E-state index in [4.69, 9.17) is 0 Å². The Hall–Kier alpha value is -1.77. The van der Waals surface area contributed by atoms with Crippen molar-refractivity contribution in [3.05, 3.63) is 5.82 Å². The molecule has 0 unspecified atom stereocenters. The zero-order valence-electron chi connectivity index (χ0n) is 18.7. The number of hydrogen-bond donors (Lipinski definition) is 3. The largest absolute Gasteiger partial charge is 0.356 e. The van der Waals surface area contributed by atoms with E-state index in [0.717, 1.165) is 43.2 Å². The van der Waals surface area contributed by atoms with Gasteiger partial charge in [-0.15, -0.1) is 10.2 Å². The van der Waals surface area contributed by atoms with Crippen LogP contribution in [-0.4, -0.2) is 52.1 Å². The Balaban J connectivity index is 1.55. The lowest BCUT2D eigenvalue weighted by Crippen LogP contribution is -2.43. The molecule has 0 saturated heterocycles. The van der Waals surface area contributed by atoms with Crippen LogP contribution in [0.15, 0.2) is 5.16 Å². The highest BCUT2D eigenvalue weighted by Crippen LogP contribution is 2.17. The molecule has 1 saturated carbocycles. The minimum atomic E-state index is -0.113. The minimum Gasteiger partial charge on any atom is -0.356 e. The quantitative estimate of drug-likeness (QED) is 0.344. The van der Waals surface area contributed by atoms with Crippen molar-refractivity contribution in [2.24, 2.45) is 5.92 Å². The lowest BCUT2D eigenvalue weighted by molar-refractivity contribution is -0.121. The molecule has 0 bridgehead atoms. The highest BCUT2D eigenvalue weighted by molar-refractivity contribution is 7.98. The number of amides is 3. The Morgan fingerprint density at radius 3 is 2.53 bits per heavy atom. The number of carbonyl (C=O) groups excluding carboxylic acids is 2. The van der Waals surface area contributed by atoms with Crippen LogP contribution in [0.4, 0.5) is 4.79 Å². The number of urea groups is 1. The van der Waals surface area contributed by atoms with Gasteiger partial charge in [0.25, 0.3) is 0 Å². The summed E-state index contributed by atoms with van der Waals surface area (Å²) in [4.78, 5) is 23.9. The Kier molecular flexibility index (Phi) is 11.0. The third-order valence-electron chi connectivity index (χ3n) is 5.23. The highest BCUT2D eigenvalue weighted by atomic mass is 32.2. The van der Waals surface area contributed by atoms with Crippen LogP contribution in [0.3, 0.4) is 0 Å². The van der Waals surface area contributed by atoms with Gasteiger partial charge in [0.15, 0.2) is 5.16 Å². The van der Waals surface area contributed by atoms with E-state index in [1.807, 2.05) is 6.26 Å². The first-order valence-electron chi connectivity index (χ1n) is 11.3. The van der Waals surface area contributed by atoms with Crippen molar-refractivity contribution < 1.29 is 9.59 Å². The maximum absolute atomic E-state index is 12.0. The van der Waals surface area contributed by atoms with E-state index in [0.29, 0.717) is 37.9 Å². The second kappa shape index (κ2) is 13.5. The van der Waals surface area contributed by atoms with Gasteiger partial charge in [-0.05, 0) is 37.9 Å². The molecular weight excluding hydrogens is 400 g/mol. The standard InChI is InChI=1S/C21H38N6O2S/c1-16(2)15-27-18(25-26-21(27)30-3)11-7-13-22-19(28)12-8-14-23-20(29)24-17-9-5-4-6-10-17/h16-17H,4-15H2,1-3H3,(H,22,28)(H2,23,24,29). The van der Waals surface area contributed by atoms with Gasteiger partial charge < -0.3 is 20.5 Å². The predicted molar refractivity (Wildman–Crippen MR) is 121 cm³/mol. The fraction of sp³-hybridized carbons (Fsp3) is 0.810. The molecule has 3 amide bonds. The van der Waals surface area contributed by atoms with Crippen molar-refractivity contribution in [1.82, 2.24) is 30.7 Å². The molecule has 1 fully saturated rings. The van der Waals surface area contributed by atoms with E-state index in [2.05, 4.69) is 44.6 Å². The molecule has 1 aliphatic rings. The summed E-state index contributed by atoms with van der Waals surface area (Å²) in [5.74, 6) is 1.54. The molecule has 0 aromatic carbocycles. The smallest absolute Gasteiger partial charge is 0.315 e. The van der Waals surface area contributed by atoms with Gasteiger partial charge in [0.05, 0.1) is 0 Å². The van der Waals surface area contributed by atoms with Crippen LogP contribution in [0.2, 0.25) is 0 Å². The molecule has 1 aromatic rings. The number of nitrogens with zero attached hydrogens (tertiary/aromatic N) is 3. The maximum atomic E-state index is 12.0. The summed E-state index contributed by atoms with van der Waals surface area (Å²) in [6, 6.07) is 0.192. The molecule has 9 heteroatoms. The van der Waals surface area contributed by atoms with Gasteiger partial charge in [0, 0.05) is 38.5 Å². The average molecular weight is 439 g/mol. The first-order valence-corrected chi connectivity index (χ1v) is 12.5. The lowest BCUT2D eigenvalue weighted by atomic mass is 9.96. The number of aryl methyl sites for hydroxylation is 1. The van der Waals surface area contributed by atoms with Gasteiger partial charge in [-0.25, -0.2) is 4.79 Å². The Labute approximate surface area is 184 Å². The van der Waals surface area contributed by atoms with Crippen LogP contribution in [0.5, 0.6) is 0 Å². The number of aromatic nitrogens is 3. The van der Waals surface area contributed by atoms with Crippen LogP contribution in [0, 0.1) is 5.92 Å². The van der Waals surface area contributed by atoms with E-state index in [1.54, 1.807) is 11.8 Å². The minimum absolute atomic E-state index is 0.0259. The summed E-state index contributed by atoms with van der Waals surface area (Å²) in [5.41, 5.74) is 0. The number of hydrogen-bond acceptors (Lipinski definition) is 5. The van der Waals surface area contributed by atoms with Crippen molar-refractivity contribution in [3.63, 3.8) is 0 Å². The van der Waals surface area contributed by atoms with Crippen molar-refractivity contribution in [2.75, 3.05) is 19.3 Å². The Morgan fingerprint density at radius 2 is 1.83 bits per heavy atom. The number of carbonyl (C=O) groups is 2. The highest BCUT2D eigenvalue weighted by Gasteiger charge is 2.15. The zero-order chi connectivity index (χ0) is 21.8. The molecule has 8 nitrogen and oxygen atoms in total. The molecule has 0 spiro atoms. The molecule has 0 aliphatic heterocycles. The van der Waals surface area contributed by atoms with Crippen LogP contribution >= 0.6 is 11.8 Å². The van der Waals surface area contributed by atoms with Gasteiger partial charge in [-0.3, -0.25) is 4.79 Å². The van der Waals surface area contributed by atoms with Gasteiger partial charge in [-0.2, -0.15) is 0 Å². The molecule has 2 rings (SSSR count). The monoisotopic (exact) mass is 438 g/mol. The second-order valence-corrected chi connectivity index (χ2v) is 9.17. The lowest BCUT2D eigenvalue weighted by Gasteiger charge is -2.22. The molecule has 170 valence electrons. The molecule has 0 atom stereocenters. The van der Waals surface area contributed by atoms with Crippen molar-refractivity contribution >= 4 is 23.7 Å². The summed E-state index contributed by atoms with van der Waals surface area (Å²) in [5, 5.41) is 18.3. The SMILES string of the molecule is CSc1nnc(CCCNC(=O)CCCNC(=O)NC2CCCCC2)n1CC(C)C. The third kappa shape index (κ3) is 8.93. The Bertz CT molecular complexity index is 658. The molecule has 1 aromatic heterocycles. The van der Waals surface area contributed by atoms with E-state index in [1.165, 1.54) is 19.3 Å². The van der Waals surface area contributed by atoms with Gasteiger partial charge >= 0.3 is 6.03 Å². The molecule has 3 N–H and O–H groups in total. The van der Waals surface area contributed by atoms with Gasteiger partial charge in [0.1, 0.15) is 5.82 Å². The first-order chi connectivity index (χ1) is 14.5. The second-order valence-electron chi connectivity index (χ2n) is 8.40. The number of nitrogens with one attached hydrogen (secondary N) is 3. The molecule has 0 radical (unpaired) electrons.